The smallest absolute Gasteiger partial charge is 0.254 e. The largest absolute Gasteiger partial charge is 0.469 e. The van der Waals surface area contributed by atoms with E-state index < -0.39 is 0 Å². The van der Waals surface area contributed by atoms with Crippen LogP contribution in [0.1, 0.15) is 41.8 Å². The van der Waals surface area contributed by atoms with Gasteiger partial charge < -0.3 is 24.3 Å². The van der Waals surface area contributed by atoms with Crippen molar-refractivity contribution in [3.05, 3.63) is 23.7 Å². The van der Waals surface area contributed by atoms with Gasteiger partial charge in [0, 0.05) is 26.2 Å². The second-order valence-corrected chi connectivity index (χ2v) is 8.52. The average molecular weight is 389 g/mol. The molecule has 2 amide bonds. The number of aryl methyl sites for hydroxylation is 1. The first-order chi connectivity index (χ1) is 13.6. The van der Waals surface area contributed by atoms with E-state index >= 15 is 0 Å². The zero-order valence-electron chi connectivity index (χ0n) is 16.7. The molecule has 3 heterocycles. The van der Waals surface area contributed by atoms with Crippen LogP contribution in [0.25, 0.3) is 0 Å². The van der Waals surface area contributed by atoms with Crippen LogP contribution in [0.3, 0.4) is 0 Å². The highest BCUT2D eigenvalue weighted by Gasteiger charge is 2.31. The summed E-state index contributed by atoms with van der Waals surface area (Å²) in [5.74, 6) is 2.02. The Bertz CT molecular complexity index is 692. The van der Waals surface area contributed by atoms with Crippen molar-refractivity contribution >= 4 is 11.8 Å². The molecule has 0 aromatic carbocycles. The number of piperidine rings is 1. The Morgan fingerprint density at radius 1 is 1.18 bits per heavy atom. The fraction of sp³-hybridized carbons (Fsp3) is 0.714. The van der Waals surface area contributed by atoms with Crippen molar-refractivity contribution in [3.8, 4) is 0 Å². The summed E-state index contributed by atoms with van der Waals surface area (Å²) in [6, 6.07) is 1.66. The number of rotatable bonds is 7. The maximum Gasteiger partial charge on any atom is 0.254 e. The molecule has 7 nitrogen and oxygen atoms in total. The molecule has 1 aliphatic carbocycles. The van der Waals surface area contributed by atoms with Gasteiger partial charge in [-0.15, -0.1) is 0 Å². The first-order valence-corrected chi connectivity index (χ1v) is 10.5. The summed E-state index contributed by atoms with van der Waals surface area (Å²) in [7, 11) is 0. The molecule has 2 aliphatic heterocycles. The molecule has 1 aromatic rings. The SMILES string of the molecule is Cc1occc1C(=O)NC[C@@H]1CN(CC2CCN(CC3CC3)CC2)C(=O)CO1. The molecule has 154 valence electrons. The standard InChI is InChI=1S/C21H31N3O4/c1-15-19(6-9-27-15)21(26)22-10-18-13-24(20(25)14-28-18)12-17-4-7-23(8-5-17)11-16-2-3-16/h6,9,16-18H,2-5,7-8,10-14H2,1H3,(H,22,26)/t18-/m1/s1. The maximum absolute atomic E-state index is 12.3. The van der Waals surface area contributed by atoms with E-state index in [1.165, 1.54) is 38.5 Å². The lowest BCUT2D eigenvalue weighted by Gasteiger charge is -2.38. The van der Waals surface area contributed by atoms with Crippen molar-refractivity contribution in [3.63, 3.8) is 0 Å². The molecule has 4 rings (SSSR count). The van der Waals surface area contributed by atoms with Crippen LogP contribution in [0.2, 0.25) is 0 Å². The zero-order valence-corrected chi connectivity index (χ0v) is 16.7. The first kappa shape index (κ1) is 19.5. The molecule has 2 saturated heterocycles. The van der Waals surface area contributed by atoms with E-state index in [2.05, 4.69) is 10.2 Å². The van der Waals surface area contributed by atoms with Crippen LogP contribution in [-0.4, -0.2) is 73.6 Å². The number of hydrogen-bond acceptors (Lipinski definition) is 5. The van der Waals surface area contributed by atoms with Crippen molar-refractivity contribution < 1.29 is 18.7 Å². The van der Waals surface area contributed by atoms with Gasteiger partial charge in [-0.3, -0.25) is 9.59 Å². The van der Waals surface area contributed by atoms with E-state index in [4.69, 9.17) is 9.15 Å². The van der Waals surface area contributed by atoms with E-state index in [-0.39, 0.29) is 24.5 Å². The lowest BCUT2D eigenvalue weighted by molar-refractivity contribution is -0.149. The number of furan rings is 1. The van der Waals surface area contributed by atoms with E-state index in [0.29, 0.717) is 30.3 Å². The van der Waals surface area contributed by atoms with Crippen molar-refractivity contribution in [1.29, 1.82) is 0 Å². The number of hydrogen-bond donors (Lipinski definition) is 1. The summed E-state index contributed by atoms with van der Waals surface area (Å²) in [4.78, 5) is 29.0. The van der Waals surface area contributed by atoms with Gasteiger partial charge >= 0.3 is 0 Å². The molecule has 0 spiro atoms. The molecular formula is C21H31N3O4. The van der Waals surface area contributed by atoms with E-state index in [1.54, 1.807) is 13.0 Å². The maximum atomic E-state index is 12.3. The Balaban J connectivity index is 1.21. The first-order valence-electron chi connectivity index (χ1n) is 10.5. The van der Waals surface area contributed by atoms with Crippen LogP contribution in [0, 0.1) is 18.8 Å². The molecular weight excluding hydrogens is 358 g/mol. The summed E-state index contributed by atoms with van der Waals surface area (Å²) in [5, 5.41) is 2.90. The van der Waals surface area contributed by atoms with E-state index in [9.17, 15) is 9.59 Å². The lowest BCUT2D eigenvalue weighted by atomic mass is 9.95. The minimum Gasteiger partial charge on any atom is -0.469 e. The second-order valence-electron chi connectivity index (χ2n) is 8.52. The molecule has 0 bridgehead atoms. The number of amides is 2. The summed E-state index contributed by atoms with van der Waals surface area (Å²) in [5.41, 5.74) is 0.543. The number of nitrogens with one attached hydrogen (secondary N) is 1. The molecule has 1 atom stereocenters. The molecule has 1 aromatic heterocycles. The Hall–Kier alpha value is -1.86. The highest BCUT2D eigenvalue weighted by Crippen LogP contribution is 2.31. The normalized spacial score (nSPS) is 24.5. The predicted molar refractivity (Wildman–Crippen MR) is 104 cm³/mol. The monoisotopic (exact) mass is 389 g/mol. The lowest BCUT2D eigenvalue weighted by Crippen LogP contribution is -2.52. The molecule has 0 unspecified atom stereocenters. The van der Waals surface area contributed by atoms with Gasteiger partial charge in [0.15, 0.2) is 0 Å². The highest BCUT2D eigenvalue weighted by atomic mass is 16.5. The second kappa shape index (κ2) is 8.66. The van der Waals surface area contributed by atoms with Gasteiger partial charge in [-0.25, -0.2) is 0 Å². The van der Waals surface area contributed by atoms with Crippen LogP contribution < -0.4 is 5.32 Å². The number of likely N-dealkylation sites (tertiary alicyclic amines) is 1. The van der Waals surface area contributed by atoms with Gasteiger partial charge in [-0.1, -0.05) is 0 Å². The fourth-order valence-corrected chi connectivity index (χ4v) is 4.23. The minimum absolute atomic E-state index is 0.0636. The molecule has 28 heavy (non-hydrogen) atoms. The molecule has 3 aliphatic rings. The van der Waals surface area contributed by atoms with Crippen molar-refractivity contribution in [2.24, 2.45) is 11.8 Å². The van der Waals surface area contributed by atoms with Crippen LogP contribution in [0.4, 0.5) is 0 Å². The fourth-order valence-electron chi connectivity index (χ4n) is 4.23. The molecule has 7 heteroatoms. The number of ether oxygens (including phenoxy) is 1. The van der Waals surface area contributed by atoms with Crippen LogP contribution >= 0.6 is 0 Å². The van der Waals surface area contributed by atoms with Gasteiger partial charge in [-0.2, -0.15) is 0 Å². The minimum atomic E-state index is -0.165. The summed E-state index contributed by atoms with van der Waals surface area (Å²) in [6.07, 6.45) is 6.49. The summed E-state index contributed by atoms with van der Waals surface area (Å²) < 4.78 is 10.8. The molecule has 1 saturated carbocycles. The van der Waals surface area contributed by atoms with Gasteiger partial charge in [0.1, 0.15) is 12.4 Å². The zero-order chi connectivity index (χ0) is 19.5. The van der Waals surface area contributed by atoms with Crippen molar-refractivity contribution in [1.82, 2.24) is 15.1 Å². The molecule has 3 fully saturated rings. The van der Waals surface area contributed by atoms with Gasteiger partial charge in [0.2, 0.25) is 5.91 Å². The average Bonchev–Trinajstić information content (AvgIpc) is 3.41. The topological polar surface area (TPSA) is 75.0 Å². The van der Waals surface area contributed by atoms with Crippen LogP contribution in [-0.2, 0) is 9.53 Å². The number of morpholine rings is 1. The van der Waals surface area contributed by atoms with Crippen LogP contribution in [0.5, 0.6) is 0 Å². The van der Waals surface area contributed by atoms with E-state index in [1.807, 2.05) is 4.90 Å². The highest BCUT2D eigenvalue weighted by molar-refractivity contribution is 5.95. The van der Waals surface area contributed by atoms with Crippen LogP contribution in [0.15, 0.2) is 16.7 Å². The van der Waals surface area contributed by atoms with Crippen molar-refractivity contribution in [2.75, 3.05) is 45.9 Å². The Morgan fingerprint density at radius 3 is 2.61 bits per heavy atom. The number of carbonyl (C=O) groups is 2. The Labute approximate surface area is 166 Å². The van der Waals surface area contributed by atoms with Gasteiger partial charge in [0.05, 0.1) is 17.9 Å². The third-order valence-corrected chi connectivity index (χ3v) is 6.21. The van der Waals surface area contributed by atoms with Gasteiger partial charge in [0.25, 0.3) is 5.91 Å². The van der Waals surface area contributed by atoms with Gasteiger partial charge in [-0.05, 0) is 63.6 Å². The Morgan fingerprint density at radius 2 is 1.93 bits per heavy atom. The predicted octanol–water partition coefficient (Wildman–Crippen LogP) is 1.67. The number of carbonyl (C=O) groups excluding carboxylic acids is 2. The van der Waals surface area contributed by atoms with Crippen molar-refractivity contribution in [2.45, 2.75) is 38.7 Å². The number of nitrogens with zero attached hydrogens (tertiary/aromatic N) is 2. The van der Waals surface area contributed by atoms with E-state index in [0.717, 1.165) is 25.6 Å². The quantitative estimate of drug-likeness (QED) is 0.768. The third-order valence-electron chi connectivity index (χ3n) is 6.21. The molecule has 1 N–H and O–H groups in total. The molecule has 0 radical (unpaired) electrons. The summed E-state index contributed by atoms with van der Waals surface area (Å²) in [6.45, 7) is 7.20. The Kier molecular flexibility index (Phi) is 6.01. The third kappa shape index (κ3) is 4.94. The summed E-state index contributed by atoms with van der Waals surface area (Å²) >= 11 is 0.